The highest BCUT2D eigenvalue weighted by atomic mass is 16.6. The van der Waals surface area contributed by atoms with E-state index in [1.54, 1.807) is 6.07 Å². The molecule has 0 fully saturated rings. The van der Waals surface area contributed by atoms with Gasteiger partial charge in [0.05, 0.1) is 12.0 Å². The largest absolute Gasteiger partial charge is 0.504 e. The zero-order valence-electron chi connectivity index (χ0n) is 10.1. The predicted molar refractivity (Wildman–Crippen MR) is 66.1 cm³/mol. The average molecular weight is 247 g/mol. The highest BCUT2D eigenvalue weighted by Crippen LogP contribution is 2.40. The lowest BCUT2D eigenvalue weighted by molar-refractivity contribution is 0.125. The monoisotopic (exact) mass is 247 g/mol. The highest BCUT2D eigenvalue weighted by molar-refractivity contribution is 6.04. The number of benzene rings is 1. The van der Waals surface area contributed by atoms with Crippen LogP contribution in [0.1, 0.15) is 17.1 Å². The maximum atomic E-state index is 10.2. The first-order valence-electron chi connectivity index (χ1n) is 5.57. The van der Waals surface area contributed by atoms with Crippen LogP contribution in [0.15, 0.2) is 21.0 Å². The molecule has 0 atom stereocenters. The van der Waals surface area contributed by atoms with Crippen LogP contribution in [-0.4, -0.2) is 5.11 Å². The molecule has 5 nitrogen and oxygen atoms in total. The average Bonchev–Trinajstić information content (AvgIpc) is 2.88. The summed E-state index contributed by atoms with van der Waals surface area (Å²) in [7, 11) is 0. The molecule has 0 aliphatic rings. The Labute approximate surface area is 103 Å². The van der Waals surface area contributed by atoms with E-state index in [2.05, 4.69) is 0 Å². The fourth-order valence-electron chi connectivity index (χ4n) is 2.30. The Bertz CT molecular complexity index is 681. The molecule has 0 amide bonds. The molecular weight excluding hydrogens is 234 g/mol. The summed E-state index contributed by atoms with van der Waals surface area (Å²) in [6, 6.07) is 3.60. The van der Waals surface area contributed by atoms with Gasteiger partial charge in [0, 0.05) is 10.9 Å². The van der Waals surface area contributed by atoms with Crippen molar-refractivity contribution in [1.82, 2.24) is 0 Å². The van der Waals surface area contributed by atoms with Gasteiger partial charge < -0.3 is 13.9 Å². The standard InChI is InChI=1S/C13H13NO4/c1-6-3-8-10(5-16-14)12-9(4-7(2)17-12)11(15)13(8)18-6/h3-4,15H,5,14H2,1-2H3. The maximum Gasteiger partial charge on any atom is 0.177 e. The second-order valence-corrected chi connectivity index (χ2v) is 4.34. The van der Waals surface area contributed by atoms with Gasteiger partial charge in [-0.1, -0.05) is 0 Å². The molecule has 0 saturated heterocycles. The van der Waals surface area contributed by atoms with E-state index in [1.165, 1.54) is 0 Å². The number of nitrogens with two attached hydrogens (primary N) is 1. The third-order valence-electron chi connectivity index (χ3n) is 3.01. The zero-order valence-corrected chi connectivity index (χ0v) is 10.1. The fraction of sp³-hybridized carbons (Fsp3) is 0.231. The molecule has 3 rings (SSSR count). The van der Waals surface area contributed by atoms with E-state index in [0.29, 0.717) is 28.1 Å². The van der Waals surface area contributed by atoms with Gasteiger partial charge >= 0.3 is 0 Å². The van der Waals surface area contributed by atoms with Crippen molar-refractivity contribution < 1.29 is 18.8 Å². The third kappa shape index (κ3) is 1.41. The van der Waals surface area contributed by atoms with Gasteiger partial charge in [-0.25, -0.2) is 5.90 Å². The number of rotatable bonds is 2. The number of furan rings is 2. The zero-order chi connectivity index (χ0) is 12.9. The predicted octanol–water partition coefficient (Wildman–Crippen LogP) is 2.89. The molecule has 0 radical (unpaired) electrons. The number of phenolic OH excluding ortho intramolecular Hbond substituents is 1. The van der Waals surface area contributed by atoms with E-state index < -0.39 is 0 Å². The van der Waals surface area contributed by atoms with Crippen LogP contribution in [0.25, 0.3) is 21.9 Å². The summed E-state index contributed by atoms with van der Waals surface area (Å²) in [5, 5.41) is 11.6. The lowest BCUT2D eigenvalue weighted by Crippen LogP contribution is -1.99. The van der Waals surface area contributed by atoms with E-state index >= 15 is 0 Å². The van der Waals surface area contributed by atoms with E-state index in [9.17, 15) is 5.11 Å². The first kappa shape index (κ1) is 11.1. The van der Waals surface area contributed by atoms with Crippen LogP contribution in [0.4, 0.5) is 0 Å². The highest BCUT2D eigenvalue weighted by Gasteiger charge is 2.20. The van der Waals surface area contributed by atoms with Crippen LogP contribution < -0.4 is 5.90 Å². The Hall–Kier alpha value is -1.98. The fourth-order valence-corrected chi connectivity index (χ4v) is 2.30. The molecule has 0 bridgehead atoms. The first-order chi connectivity index (χ1) is 8.61. The van der Waals surface area contributed by atoms with Crippen LogP contribution in [0.2, 0.25) is 0 Å². The van der Waals surface area contributed by atoms with Gasteiger partial charge in [0.15, 0.2) is 11.3 Å². The molecule has 1 aromatic carbocycles. The van der Waals surface area contributed by atoms with Crippen LogP contribution in [0.5, 0.6) is 5.75 Å². The van der Waals surface area contributed by atoms with Crippen LogP contribution in [0, 0.1) is 13.8 Å². The molecule has 94 valence electrons. The van der Waals surface area contributed by atoms with Gasteiger partial charge in [-0.3, -0.25) is 4.84 Å². The second kappa shape index (κ2) is 3.76. The van der Waals surface area contributed by atoms with Crippen molar-refractivity contribution in [3.05, 3.63) is 29.2 Å². The van der Waals surface area contributed by atoms with Crippen molar-refractivity contribution in [3.8, 4) is 5.75 Å². The molecule has 2 aromatic heterocycles. The van der Waals surface area contributed by atoms with Gasteiger partial charge in [0.2, 0.25) is 0 Å². The molecule has 18 heavy (non-hydrogen) atoms. The summed E-state index contributed by atoms with van der Waals surface area (Å²) in [5.74, 6) is 6.67. The maximum absolute atomic E-state index is 10.2. The van der Waals surface area contributed by atoms with E-state index in [0.717, 1.165) is 10.9 Å². The van der Waals surface area contributed by atoms with Gasteiger partial charge in [-0.15, -0.1) is 0 Å². The minimum atomic E-state index is 0.0886. The molecule has 0 saturated carbocycles. The van der Waals surface area contributed by atoms with Gasteiger partial charge in [0.25, 0.3) is 0 Å². The molecule has 3 aromatic rings. The Morgan fingerprint density at radius 1 is 1.11 bits per heavy atom. The molecule has 2 heterocycles. The molecule has 0 aliphatic heterocycles. The smallest absolute Gasteiger partial charge is 0.177 e. The summed E-state index contributed by atoms with van der Waals surface area (Å²) < 4.78 is 11.1. The SMILES string of the molecule is Cc1cc2c(CON)c3oc(C)cc3c(O)c2o1. The van der Waals surface area contributed by atoms with Crippen molar-refractivity contribution >= 4 is 21.9 Å². The molecular formula is C13H13NO4. The van der Waals surface area contributed by atoms with Crippen molar-refractivity contribution in [2.45, 2.75) is 20.5 Å². The third-order valence-corrected chi connectivity index (χ3v) is 3.01. The quantitative estimate of drug-likeness (QED) is 0.680. The first-order valence-corrected chi connectivity index (χ1v) is 5.57. The minimum absolute atomic E-state index is 0.0886. The second-order valence-electron chi connectivity index (χ2n) is 4.34. The number of aryl methyl sites for hydroxylation is 2. The van der Waals surface area contributed by atoms with Crippen molar-refractivity contribution in [2.24, 2.45) is 5.90 Å². The van der Waals surface area contributed by atoms with E-state index in [4.69, 9.17) is 19.6 Å². The van der Waals surface area contributed by atoms with Crippen LogP contribution >= 0.6 is 0 Å². The normalized spacial score (nSPS) is 11.7. The topological polar surface area (TPSA) is 81.8 Å². The Morgan fingerprint density at radius 2 is 1.72 bits per heavy atom. The molecule has 0 aliphatic carbocycles. The summed E-state index contributed by atoms with van der Waals surface area (Å²) in [6.07, 6.45) is 0. The van der Waals surface area contributed by atoms with Crippen molar-refractivity contribution in [1.29, 1.82) is 0 Å². The number of aromatic hydroxyl groups is 1. The lowest BCUT2D eigenvalue weighted by atomic mass is 10.1. The van der Waals surface area contributed by atoms with E-state index in [1.807, 2.05) is 19.9 Å². The molecule has 3 N–H and O–H groups in total. The van der Waals surface area contributed by atoms with Crippen molar-refractivity contribution in [3.63, 3.8) is 0 Å². The summed E-state index contributed by atoms with van der Waals surface area (Å²) in [4.78, 5) is 4.72. The number of phenols is 1. The number of fused-ring (bicyclic) bond motifs is 2. The van der Waals surface area contributed by atoms with Gasteiger partial charge in [-0.2, -0.15) is 0 Å². The summed E-state index contributed by atoms with van der Waals surface area (Å²) in [6.45, 7) is 3.83. The van der Waals surface area contributed by atoms with Gasteiger partial charge in [-0.05, 0) is 26.0 Å². The van der Waals surface area contributed by atoms with Crippen LogP contribution in [0.3, 0.4) is 0 Å². The molecule has 5 heteroatoms. The minimum Gasteiger partial charge on any atom is -0.504 e. The Morgan fingerprint density at radius 3 is 2.39 bits per heavy atom. The lowest BCUT2D eigenvalue weighted by Gasteiger charge is -2.04. The van der Waals surface area contributed by atoms with Crippen LogP contribution in [-0.2, 0) is 11.4 Å². The molecule has 0 spiro atoms. The van der Waals surface area contributed by atoms with Crippen molar-refractivity contribution in [2.75, 3.05) is 0 Å². The van der Waals surface area contributed by atoms with Gasteiger partial charge in [0.1, 0.15) is 17.1 Å². The van der Waals surface area contributed by atoms with E-state index in [-0.39, 0.29) is 12.4 Å². The number of hydrogen-bond acceptors (Lipinski definition) is 5. The Kier molecular flexibility index (Phi) is 2.33. The summed E-state index contributed by atoms with van der Waals surface area (Å²) in [5.41, 5.74) is 1.81. The number of hydrogen-bond donors (Lipinski definition) is 2. The Balaban J connectivity index is 2.51. The molecule has 0 unspecified atom stereocenters. The summed E-state index contributed by atoms with van der Waals surface area (Å²) >= 11 is 0.